The molecule has 20 heavy (non-hydrogen) atoms. The third-order valence-electron chi connectivity index (χ3n) is 4.43. The number of fused-ring (bicyclic) bond motifs is 1. The van der Waals surface area contributed by atoms with Gasteiger partial charge in [-0.3, -0.25) is 0 Å². The molecule has 1 aliphatic rings. The lowest BCUT2D eigenvalue weighted by Crippen LogP contribution is -2.20. The first-order valence-electron chi connectivity index (χ1n) is 7.50. The largest absolute Gasteiger partial charge is 0.312 e. The van der Waals surface area contributed by atoms with Crippen LogP contribution in [0.5, 0.6) is 0 Å². The number of para-hydroxylation sites is 1. The Kier molecular flexibility index (Phi) is 4.37. The van der Waals surface area contributed by atoms with Gasteiger partial charge in [0, 0.05) is 9.86 Å². The summed E-state index contributed by atoms with van der Waals surface area (Å²) in [6.45, 7) is 0. The summed E-state index contributed by atoms with van der Waals surface area (Å²) in [5.41, 5.74) is 2.23. The van der Waals surface area contributed by atoms with E-state index in [0.29, 0.717) is 6.04 Å². The number of hydrogen-bond acceptors (Lipinski definition) is 2. The molecule has 0 aliphatic heterocycles. The highest BCUT2D eigenvalue weighted by molar-refractivity contribution is 9.10. The summed E-state index contributed by atoms with van der Waals surface area (Å²) < 4.78 is 1.12. The zero-order valence-corrected chi connectivity index (χ0v) is 13.5. The summed E-state index contributed by atoms with van der Waals surface area (Å²) in [6, 6.07) is 10.9. The smallest absolute Gasteiger partial charge is 0.0722 e. The Hall–Kier alpha value is -0.930. The van der Waals surface area contributed by atoms with Crippen molar-refractivity contribution in [3.8, 4) is 0 Å². The average molecular weight is 333 g/mol. The lowest BCUT2D eigenvalue weighted by Gasteiger charge is -2.21. The van der Waals surface area contributed by atoms with Crippen molar-refractivity contribution in [2.45, 2.75) is 38.1 Å². The van der Waals surface area contributed by atoms with Crippen molar-refractivity contribution in [2.24, 2.45) is 5.92 Å². The fourth-order valence-corrected chi connectivity index (χ4v) is 3.91. The van der Waals surface area contributed by atoms with Crippen molar-refractivity contribution < 1.29 is 0 Å². The van der Waals surface area contributed by atoms with Crippen LogP contribution in [-0.2, 0) is 0 Å². The number of nitrogens with zero attached hydrogens (tertiary/aromatic N) is 1. The van der Waals surface area contributed by atoms with E-state index in [1.807, 2.05) is 7.05 Å². The molecule has 0 bridgehead atoms. The van der Waals surface area contributed by atoms with Crippen molar-refractivity contribution in [3.05, 3.63) is 40.5 Å². The highest BCUT2D eigenvalue weighted by Gasteiger charge is 2.22. The Morgan fingerprint density at radius 3 is 2.80 bits per heavy atom. The van der Waals surface area contributed by atoms with Crippen molar-refractivity contribution in [3.63, 3.8) is 0 Å². The monoisotopic (exact) mass is 332 g/mol. The molecule has 106 valence electrons. The first-order chi connectivity index (χ1) is 9.78. The number of nitrogens with one attached hydrogen (secondary N) is 1. The van der Waals surface area contributed by atoms with Gasteiger partial charge in [-0.25, -0.2) is 4.98 Å². The molecule has 2 aromatic rings. The number of pyridine rings is 1. The fourth-order valence-electron chi connectivity index (χ4n) is 3.30. The molecule has 2 nitrogen and oxygen atoms in total. The third-order valence-corrected chi connectivity index (χ3v) is 5.06. The lowest BCUT2D eigenvalue weighted by atomic mass is 9.96. The molecule has 1 heterocycles. The van der Waals surface area contributed by atoms with Gasteiger partial charge in [-0.15, -0.1) is 0 Å². The van der Waals surface area contributed by atoms with Crippen molar-refractivity contribution in [1.82, 2.24) is 10.3 Å². The molecular weight excluding hydrogens is 312 g/mol. The second kappa shape index (κ2) is 6.23. The topological polar surface area (TPSA) is 24.9 Å². The summed E-state index contributed by atoms with van der Waals surface area (Å²) in [5, 5.41) is 4.65. The Labute approximate surface area is 129 Å². The molecule has 1 atom stereocenters. The molecule has 0 saturated heterocycles. The van der Waals surface area contributed by atoms with Gasteiger partial charge in [0.05, 0.1) is 17.3 Å². The normalized spacial score (nSPS) is 17.7. The molecule has 0 amide bonds. The molecule has 1 aromatic carbocycles. The van der Waals surface area contributed by atoms with Crippen LogP contribution in [0.15, 0.2) is 34.8 Å². The molecule has 3 rings (SSSR count). The van der Waals surface area contributed by atoms with Gasteiger partial charge in [0.1, 0.15) is 0 Å². The molecule has 1 aromatic heterocycles. The number of benzene rings is 1. The van der Waals surface area contributed by atoms with Crippen LogP contribution in [0.25, 0.3) is 10.9 Å². The molecular formula is C17H21BrN2. The maximum absolute atomic E-state index is 4.88. The maximum Gasteiger partial charge on any atom is 0.0722 e. The molecule has 1 saturated carbocycles. The van der Waals surface area contributed by atoms with Crippen LogP contribution in [-0.4, -0.2) is 12.0 Å². The van der Waals surface area contributed by atoms with Gasteiger partial charge in [-0.05, 0) is 47.4 Å². The highest BCUT2D eigenvalue weighted by atomic mass is 79.9. The minimum absolute atomic E-state index is 0.345. The number of rotatable bonds is 4. The molecule has 1 fully saturated rings. The molecule has 1 N–H and O–H groups in total. The summed E-state index contributed by atoms with van der Waals surface area (Å²) >= 11 is 3.71. The van der Waals surface area contributed by atoms with Crippen LogP contribution < -0.4 is 5.32 Å². The molecule has 0 radical (unpaired) electrons. The maximum atomic E-state index is 4.88. The second-order valence-electron chi connectivity index (χ2n) is 5.78. The van der Waals surface area contributed by atoms with Crippen LogP contribution in [0.3, 0.4) is 0 Å². The van der Waals surface area contributed by atoms with Gasteiger partial charge in [-0.2, -0.15) is 0 Å². The molecule has 0 spiro atoms. The number of aromatic nitrogens is 1. The molecule has 3 heteroatoms. The molecule has 1 aliphatic carbocycles. The van der Waals surface area contributed by atoms with E-state index < -0.39 is 0 Å². The number of halogens is 1. The van der Waals surface area contributed by atoms with Crippen LogP contribution in [0.2, 0.25) is 0 Å². The van der Waals surface area contributed by atoms with E-state index in [9.17, 15) is 0 Å². The van der Waals surface area contributed by atoms with E-state index in [1.54, 1.807) is 0 Å². The third kappa shape index (κ3) is 2.89. The zero-order valence-electron chi connectivity index (χ0n) is 11.9. The minimum atomic E-state index is 0.345. The predicted molar refractivity (Wildman–Crippen MR) is 87.8 cm³/mol. The lowest BCUT2D eigenvalue weighted by molar-refractivity contribution is 0.407. The summed E-state index contributed by atoms with van der Waals surface area (Å²) in [7, 11) is 2.04. The average Bonchev–Trinajstić information content (AvgIpc) is 2.97. The van der Waals surface area contributed by atoms with Crippen molar-refractivity contribution in [1.29, 1.82) is 0 Å². The van der Waals surface area contributed by atoms with E-state index in [2.05, 4.69) is 51.6 Å². The summed E-state index contributed by atoms with van der Waals surface area (Å²) in [6.07, 6.45) is 6.74. The van der Waals surface area contributed by atoms with Crippen molar-refractivity contribution in [2.75, 3.05) is 7.05 Å². The fraction of sp³-hybridized carbons (Fsp3) is 0.471. The SMILES string of the molecule is CNC(CC1CCCC1)c1nc2ccccc2cc1Br. The van der Waals surface area contributed by atoms with E-state index >= 15 is 0 Å². The van der Waals surface area contributed by atoms with E-state index in [0.717, 1.165) is 21.6 Å². The van der Waals surface area contributed by atoms with Gasteiger partial charge in [0.2, 0.25) is 0 Å². The summed E-state index contributed by atoms with van der Waals surface area (Å²) in [5.74, 6) is 0.854. The van der Waals surface area contributed by atoms with Gasteiger partial charge >= 0.3 is 0 Å². The Morgan fingerprint density at radius 2 is 2.05 bits per heavy atom. The summed E-state index contributed by atoms with van der Waals surface area (Å²) in [4.78, 5) is 4.88. The predicted octanol–water partition coefficient (Wildman–Crippen LogP) is 4.84. The van der Waals surface area contributed by atoms with E-state index in [4.69, 9.17) is 4.98 Å². The van der Waals surface area contributed by atoms with E-state index in [1.165, 1.54) is 37.5 Å². The van der Waals surface area contributed by atoms with E-state index in [-0.39, 0.29) is 0 Å². The highest BCUT2D eigenvalue weighted by Crippen LogP contribution is 2.35. The van der Waals surface area contributed by atoms with Crippen LogP contribution in [0.1, 0.15) is 43.8 Å². The van der Waals surface area contributed by atoms with Gasteiger partial charge in [0.15, 0.2) is 0 Å². The van der Waals surface area contributed by atoms with Crippen LogP contribution in [0, 0.1) is 5.92 Å². The second-order valence-corrected chi connectivity index (χ2v) is 6.63. The van der Waals surface area contributed by atoms with Gasteiger partial charge in [-0.1, -0.05) is 43.9 Å². The quantitative estimate of drug-likeness (QED) is 0.866. The van der Waals surface area contributed by atoms with Crippen LogP contribution in [0.4, 0.5) is 0 Å². The minimum Gasteiger partial charge on any atom is -0.312 e. The Morgan fingerprint density at radius 1 is 1.30 bits per heavy atom. The van der Waals surface area contributed by atoms with Gasteiger partial charge < -0.3 is 5.32 Å². The Balaban J connectivity index is 1.91. The number of hydrogen-bond donors (Lipinski definition) is 1. The molecule has 1 unspecified atom stereocenters. The van der Waals surface area contributed by atoms with Gasteiger partial charge in [0.25, 0.3) is 0 Å². The zero-order chi connectivity index (χ0) is 13.9. The Bertz CT molecular complexity index is 591. The van der Waals surface area contributed by atoms with Crippen molar-refractivity contribution >= 4 is 26.8 Å². The first-order valence-corrected chi connectivity index (χ1v) is 8.29. The van der Waals surface area contributed by atoms with Crippen LogP contribution >= 0.6 is 15.9 Å². The first kappa shape index (κ1) is 14.0. The standard InChI is InChI=1S/C17H21BrN2/c1-19-16(10-12-6-2-3-7-12)17-14(18)11-13-8-4-5-9-15(13)20-17/h4-5,8-9,11-12,16,19H,2-3,6-7,10H2,1H3.